The van der Waals surface area contributed by atoms with Crippen LogP contribution in [0.4, 0.5) is 5.69 Å². The largest absolute Gasteiger partial charge is 2.00 e. The van der Waals surface area contributed by atoms with Crippen molar-refractivity contribution in [3.63, 3.8) is 0 Å². The molecular weight excluding hydrogens is 286 g/mol. The topological polar surface area (TPSA) is 26.0 Å². The number of nitrogens with two attached hydrogens (primary N) is 1. The Bertz CT molecular complexity index is 640. The summed E-state index contributed by atoms with van der Waals surface area (Å²) in [6, 6.07) is 23.6. The van der Waals surface area contributed by atoms with E-state index in [0.717, 1.165) is 22.4 Å². The summed E-state index contributed by atoms with van der Waals surface area (Å²) in [6.45, 7) is 0. The van der Waals surface area contributed by atoms with Crippen LogP contribution in [0.15, 0.2) is 72.8 Å². The molecule has 0 aliphatic carbocycles. The van der Waals surface area contributed by atoms with Gasteiger partial charge in [0, 0.05) is 0 Å². The van der Waals surface area contributed by atoms with Crippen LogP contribution in [-0.4, -0.2) is 0 Å². The average molecular weight is 301 g/mol. The molecule has 2 heteroatoms. The molecule has 0 radical (unpaired) electrons. The minimum absolute atomic E-state index is 0. The maximum absolute atomic E-state index is 5.87. The summed E-state index contributed by atoms with van der Waals surface area (Å²) in [5, 5.41) is 0. The molecule has 1 nitrogen and oxygen atoms in total. The van der Waals surface area contributed by atoms with Crippen molar-refractivity contribution in [2.45, 2.75) is 0 Å². The van der Waals surface area contributed by atoms with E-state index in [1.807, 2.05) is 72.8 Å². The van der Waals surface area contributed by atoms with E-state index < -0.39 is 0 Å². The van der Waals surface area contributed by atoms with Crippen molar-refractivity contribution in [1.29, 1.82) is 0 Å². The first-order chi connectivity index (χ1) is 9.33. The molecule has 0 bridgehead atoms. The van der Waals surface area contributed by atoms with Crippen molar-refractivity contribution in [1.82, 2.24) is 0 Å². The zero-order valence-corrected chi connectivity index (χ0v) is 12.0. The molecule has 3 rings (SSSR count). The van der Waals surface area contributed by atoms with Crippen molar-refractivity contribution in [3.05, 3.63) is 78.4 Å². The predicted molar refractivity (Wildman–Crippen MR) is 81.9 cm³/mol. The molecular formula is C18H15FeN. The fraction of sp³-hybridized carbons (Fsp3) is 0. The summed E-state index contributed by atoms with van der Waals surface area (Å²) < 4.78 is 0. The zero-order chi connectivity index (χ0) is 13.5. The Hall–Kier alpha value is -2.20. The van der Waals surface area contributed by atoms with Crippen molar-refractivity contribution < 1.29 is 17.1 Å². The molecule has 100 valence electrons. The second-order valence-corrected chi connectivity index (χ2v) is 4.05. The number of terminal acetylenes is 1. The van der Waals surface area contributed by atoms with Crippen LogP contribution in [0, 0.1) is 12.3 Å². The number of benzene rings is 1. The van der Waals surface area contributed by atoms with Gasteiger partial charge in [0.25, 0.3) is 0 Å². The second kappa shape index (κ2) is 8.07. The Morgan fingerprint density at radius 3 is 2.25 bits per heavy atom. The van der Waals surface area contributed by atoms with Crippen LogP contribution in [0.3, 0.4) is 0 Å². The van der Waals surface area contributed by atoms with Gasteiger partial charge in [-0.2, -0.15) is 30.5 Å². The fourth-order valence-corrected chi connectivity index (χ4v) is 1.84. The van der Waals surface area contributed by atoms with Crippen molar-refractivity contribution in [2.24, 2.45) is 0 Å². The number of nitrogen functional groups attached to an aromatic ring is 1. The summed E-state index contributed by atoms with van der Waals surface area (Å²) in [5.74, 6) is 2.65. The maximum atomic E-state index is 5.87. The third-order valence-electron chi connectivity index (χ3n) is 2.78. The Balaban J connectivity index is 0.000000283. The molecule has 0 spiro atoms. The molecule has 0 heterocycles. The Kier molecular flexibility index (Phi) is 6.40. The Labute approximate surface area is 130 Å². The molecule has 20 heavy (non-hydrogen) atoms. The molecule has 3 aromatic rings. The number of hydrogen-bond donors (Lipinski definition) is 1. The van der Waals surface area contributed by atoms with Crippen LogP contribution in [0.5, 0.6) is 0 Å². The summed E-state index contributed by atoms with van der Waals surface area (Å²) in [6.07, 6.45) is 5.39. The first-order valence-electron chi connectivity index (χ1n) is 6.07. The summed E-state index contributed by atoms with van der Waals surface area (Å²) in [5.41, 5.74) is 9.56. The van der Waals surface area contributed by atoms with E-state index in [1.54, 1.807) is 0 Å². The van der Waals surface area contributed by atoms with Gasteiger partial charge in [-0.15, -0.1) is 24.3 Å². The van der Waals surface area contributed by atoms with Gasteiger partial charge in [-0.1, -0.05) is 34.9 Å². The standard InChI is InChI=1S/C13H10N.C5H5.Fe/c1-2-10-6-5-8-11(10)12-7-3-4-9-13(12)14;1-2-4-5-3-1;/h1,3-9H,14H2;1-5H;/q2*-1;+2. The minimum Gasteiger partial charge on any atom is -0.424 e. The number of rotatable bonds is 1. The second-order valence-electron chi connectivity index (χ2n) is 4.05. The molecule has 0 aromatic heterocycles. The molecule has 0 aliphatic rings. The van der Waals surface area contributed by atoms with E-state index in [1.165, 1.54) is 0 Å². The molecule has 0 aliphatic heterocycles. The molecule has 0 atom stereocenters. The van der Waals surface area contributed by atoms with Crippen LogP contribution in [0.25, 0.3) is 11.1 Å². The fourth-order valence-electron chi connectivity index (χ4n) is 1.84. The molecule has 0 fully saturated rings. The summed E-state index contributed by atoms with van der Waals surface area (Å²) >= 11 is 0. The molecule has 0 saturated carbocycles. The van der Waals surface area contributed by atoms with Gasteiger partial charge in [0.2, 0.25) is 0 Å². The summed E-state index contributed by atoms with van der Waals surface area (Å²) in [4.78, 5) is 0. The van der Waals surface area contributed by atoms with E-state index in [4.69, 9.17) is 12.2 Å². The van der Waals surface area contributed by atoms with E-state index in [9.17, 15) is 0 Å². The van der Waals surface area contributed by atoms with Crippen LogP contribution < -0.4 is 5.73 Å². The summed E-state index contributed by atoms with van der Waals surface area (Å²) in [7, 11) is 0. The zero-order valence-electron chi connectivity index (χ0n) is 10.9. The predicted octanol–water partition coefficient (Wildman–Crippen LogP) is 4.04. The average Bonchev–Trinajstić information content (AvgIpc) is 3.13. The van der Waals surface area contributed by atoms with Gasteiger partial charge >= 0.3 is 17.1 Å². The molecule has 0 unspecified atom stereocenters. The van der Waals surface area contributed by atoms with Crippen LogP contribution in [0.2, 0.25) is 0 Å². The molecule has 0 saturated heterocycles. The van der Waals surface area contributed by atoms with E-state index in [0.29, 0.717) is 0 Å². The maximum Gasteiger partial charge on any atom is 2.00 e. The Morgan fingerprint density at radius 2 is 1.70 bits per heavy atom. The molecule has 0 amide bonds. The van der Waals surface area contributed by atoms with Gasteiger partial charge in [-0.05, 0) is 5.69 Å². The van der Waals surface area contributed by atoms with Gasteiger partial charge in [0.15, 0.2) is 0 Å². The van der Waals surface area contributed by atoms with Gasteiger partial charge in [0.1, 0.15) is 0 Å². The van der Waals surface area contributed by atoms with Gasteiger partial charge in [-0.25, -0.2) is 12.1 Å². The van der Waals surface area contributed by atoms with Gasteiger partial charge in [-0.3, -0.25) is 0 Å². The van der Waals surface area contributed by atoms with Crippen molar-refractivity contribution in [2.75, 3.05) is 5.73 Å². The molecule has 2 N–H and O–H groups in total. The quantitative estimate of drug-likeness (QED) is 0.312. The first-order valence-corrected chi connectivity index (χ1v) is 6.07. The van der Waals surface area contributed by atoms with Gasteiger partial charge in [0.05, 0.1) is 0 Å². The third kappa shape index (κ3) is 3.90. The molecule has 3 aromatic carbocycles. The normalized spacial score (nSPS) is 8.75. The number of para-hydroxylation sites is 1. The van der Waals surface area contributed by atoms with Gasteiger partial charge < -0.3 is 5.73 Å². The third-order valence-corrected chi connectivity index (χ3v) is 2.78. The minimum atomic E-state index is 0. The van der Waals surface area contributed by atoms with E-state index in [-0.39, 0.29) is 17.1 Å². The van der Waals surface area contributed by atoms with Crippen LogP contribution >= 0.6 is 0 Å². The van der Waals surface area contributed by atoms with E-state index in [2.05, 4.69) is 5.92 Å². The van der Waals surface area contributed by atoms with Crippen LogP contribution in [0.1, 0.15) is 5.56 Å². The number of anilines is 1. The SMILES string of the molecule is C#Cc1ccc[c-]1-c1ccccc1N.[Fe+2].c1cc[cH-]c1. The Morgan fingerprint density at radius 1 is 1.00 bits per heavy atom. The number of hydrogen-bond acceptors (Lipinski definition) is 1. The van der Waals surface area contributed by atoms with Crippen molar-refractivity contribution in [3.8, 4) is 23.5 Å². The smallest absolute Gasteiger partial charge is 0.424 e. The van der Waals surface area contributed by atoms with E-state index >= 15 is 0 Å². The van der Waals surface area contributed by atoms with Crippen molar-refractivity contribution >= 4 is 5.69 Å². The monoisotopic (exact) mass is 301 g/mol. The first kappa shape index (κ1) is 15.9. The van der Waals surface area contributed by atoms with Crippen LogP contribution in [-0.2, 0) is 17.1 Å².